The van der Waals surface area contributed by atoms with Crippen molar-refractivity contribution in [3.05, 3.63) is 34.2 Å². The molecule has 0 aliphatic carbocycles. The van der Waals surface area contributed by atoms with Crippen LogP contribution in [0.1, 0.15) is 76.7 Å². The predicted molar refractivity (Wildman–Crippen MR) is 90.4 cm³/mol. The van der Waals surface area contributed by atoms with Crippen LogP contribution in [-0.4, -0.2) is 4.57 Å². The average molecular weight is 292 g/mol. The summed E-state index contributed by atoms with van der Waals surface area (Å²) in [5.41, 5.74) is 6.35. The van der Waals surface area contributed by atoms with Gasteiger partial charge in [0.1, 0.15) is 0 Å². The molecule has 3 nitrogen and oxygen atoms in total. The first-order valence-electron chi connectivity index (χ1n) is 8.68. The molecule has 1 aromatic rings. The van der Waals surface area contributed by atoms with Crippen molar-refractivity contribution in [1.29, 1.82) is 0 Å². The molecular formula is C18H32N2O. The van der Waals surface area contributed by atoms with E-state index in [2.05, 4.69) is 6.92 Å². The van der Waals surface area contributed by atoms with Crippen LogP contribution in [0.4, 0.5) is 0 Å². The van der Waals surface area contributed by atoms with Crippen molar-refractivity contribution in [2.24, 2.45) is 5.73 Å². The fourth-order valence-corrected chi connectivity index (χ4v) is 2.69. The molecule has 1 rings (SSSR count). The summed E-state index contributed by atoms with van der Waals surface area (Å²) < 4.78 is 1.80. The van der Waals surface area contributed by atoms with Crippen LogP contribution in [-0.2, 0) is 13.1 Å². The van der Waals surface area contributed by atoms with Crippen molar-refractivity contribution in [1.82, 2.24) is 4.57 Å². The zero-order chi connectivity index (χ0) is 15.3. The molecular weight excluding hydrogens is 260 g/mol. The second-order valence-electron chi connectivity index (χ2n) is 5.92. The van der Waals surface area contributed by atoms with E-state index in [1.807, 2.05) is 18.3 Å². The number of aryl methyl sites for hydroxylation is 1. The third-order valence-electron chi connectivity index (χ3n) is 4.07. The first-order valence-corrected chi connectivity index (χ1v) is 8.68. The Bertz CT molecular complexity index is 425. The second kappa shape index (κ2) is 11.6. The van der Waals surface area contributed by atoms with Gasteiger partial charge < -0.3 is 10.3 Å². The largest absolute Gasteiger partial charge is 0.326 e. The molecule has 120 valence electrons. The van der Waals surface area contributed by atoms with E-state index < -0.39 is 0 Å². The molecule has 3 heteroatoms. The van der Waals surface area contributed by atoms with Gasteiger partial charge in [0.05, 0.1) is 0 Å². The second-order valence-corrected chi connectivity index (χ2v) is 5.92. The van der Waals surface area contributed by atoms with Crippen LogP contribution in [0.15, 0.2) is 23.1 Å². The Hall–Kier alpha value is -1.09. The molecule has 0 aromatic carbocycles. The van der Waals surface area contributed by atoms with E-state index in [0.717, 1.165) is 13.0 Å². The molecule has 0 atom stereocenters. The van der Waals surface area contributed by atoms with E-state index >= 15 is 0 Å². The highest BCUT2D eigenvalue weighted by atomic mass is 16.1. The van der Waals surface area contributed by atoms with Gasteiger partial charge in [0.15, 0.2) is 0 Å². The Kier molecular flexibility index (Phi) is 9.88. The molecule has 2 N–H and O–H groups in total. The third kappa shape index (κ3) is 7.47. The maximum absolute atomic E-state index is 12.0. The molecule has 0 amide bonds. The maximum atomic E-state index is 12.0. The molecule has 0 saturated carbocycles. The summed E-state index contributed by atoms with van der Waals surface area (Å²) in [5, 5.41) is 0. The van der Waals surface area contributed by atoms with E-state index in [-0.39, 0.29) is 5.56 Å². The molecule has 0 aliphatic rings. The number of nitrogens with two attached hydrogens (primary N) is 1. The molecule has 1 aromatic heterocycles. The minimum Gasteiger partial charge on any atom is -0.326 e. The number of hydrogen-bond acceptors (Lipinski definition) is 2. The lowest BCUT2D eigenvalue weighted by Gasteiger charge is -2.07. The Labute approximate surface area is 129 Å². The quantitative estimate of drug-likeness (QED) is 0.586. The van der Waals surface area contributed by atoms with Crippen LogP contribution in [0.2, 0.25) is 0 Å². The van der Waals surface area contributed by atoms with Crippen molar-refractivity contribution in [3.63, 3.8) is 0 Å². The smallest absolute Gasteiger partial charge is 0.255 e. The van der Waals surface area contributed by atoms with Crippen LogP contribution in [0.5, 0.6) is 0 Å². The molecule has 0 spiro atoms. The average Bonchev–Trinajstić information content (AvgIpc) is 2.50. The minimum absolute atomic E-state index is 0.0796. The van der Waals surface area contributed by atoms with Crippen molar-refractivity contribution in [3.8, 4) is 0 Å². The highest BCUT2D eigenvalue weighted by Gasteiger charge is 2.00. The Balaban J connectivity index is 2.06. The van der Waals surface area contributed by atoms with Crippen molar-refractivity contribution < 1.29 is 0 Å². The molecule has 0 saturated heterocycles. The summed E-state index contributed by atoms with van der Waals surface area (Å²) in [5.74, 6) is 0. The van der Waals surface area contributed by atoms with E-state index in [4.69, 9.17) is 5.73 Å². The topological polar surface area (TPSA) is 48.0 Å². The summed E-state index contributed by atoms with van der Waals surface area (Å²) in [7, 11) is 0. The summed E-state index contributed by atoms with van der Waals surface area (Å²) in [6.07, 6.45) is 15.1. The Morgan fingerprint density at radius 2 is 1.52 bits per heavy atom. The van der Waals surface area contributed by atoms with Gasteiger partial charge in [0.25, 0.3) is 5.56 Å². The number of pyridine rings is 1. The monoisotopic (exact) mass is 292 g/mol. The number of aromatic nitrogens is 1. The van der Waals surface area contributed by atoms with Gasteiger partial charge in [-0.25, -0.2) is 0 Å². The molecule has 0 radical (unpaired) electrons. The first kappa shape index (κ1) is 18.0. The maximum Gasteiger partial charge on any atom is 0.255 e. The minimum atomic E-state index is 0.0796. The fourth-order valence-electron chi connectivity index (χ4n) is 2.69. The van der Waals surface area contributed by atoms with E-state index in [0.29, 0.717) is 12.1 Å². The lowest BCUT2D eigenvalue weighted by Crippen LogP contribution is -2.24. The van der Waals surface area contributed by atoms with Crippen LogP contribution in [0.3, 0.4) is 0 Å². The standard InChI is InChI=1S/C18H32N2O/c1-2-3-4-5-6-7-8-9-10-11-14-20-15-12-13-17(16-19)18(20)21/h12-13,15H,2-11,14,16,19H2,1H3. The predicted octanol–water partition coefficient (Wildman–Crippen LogP) is 4.23. The van der Waals surface area contributed by atoms with Gasteiger partial charge >= 0.3 is 0 Å². The normalized spacial score (nSPS) is 11.0. The number of rotatable bonds is 12. The molecule has 1 heterocycles. The molecule has 0 fully saturated rings. The molecule has 21 heavy (non-hydrogen) atoms. The highest BCUT2D eigenvalue weighted by molar-refractivity contribution is 5.09. The zero-order valence-electron chi connectivity index (χ0n) is 13.7. The summed E-state index contributed by atoms with van der Waals surface area (Å²) >= 11 is 0. The van der Waals surface area contributed by atoms with Crippen molar-refractivity contribution in [2.75, 3.05) is 0 Å². The van der Waals surface area contributed by atoms with Crippen LogP contribution in [0.25, 0.3) is 0 Å². The van der Waals surface area contributed by atoms with Gasteiger partial charge in [0.2, 0.25) is 0 Å². The van der Waals surface area contributed by atoms with Gasteiger partial charge in [-0.3, -0.25) is 4.79 Å². The van der Waals surface area contributed by atoms with Crippen LogP contribution >= 0.6 is 0 Å². The number of unbranched alkanes of at least 4 members (excludes halogenated alkanes) is 9. The lowest BCUT2D eigenvalue weighted by atomic mass is 10.1. The third-order valence-corrected chi connectivity index (χ3v) is 4.07. The van der Waals surface area contributed by atoms with Crippen molar-refractivity contribution in [2.45, 2.75) is 84.2 Å². The first-order chi connectivity index (χ1) is 10.3. The number of nitrogens with zero attached hydrogens (tertiary/aromatic N) is 1. The van der Waals surface area contributed by atoms with Crippen molar-refractivity contribution >= 4 is 0 Å². The fraction of sp³-hybridized carbons (Fsp3) is 0.722. The van der Waals surface area contributed by atoms with E-state index in [1.165, 1.54) is 57.8 Å². The molecule has 0 aliphatic heterocycles. The Morgan fingerprint density at radius 3 is 2.10 bits per heavy atom. The summed E-state index contributed by atoms with van der Waals surface area (Å²) in [4.78, 5) is 12.0. The van der Waals surface area contributed by atoms with Gasteiger partial charge in [-0.05, 0) is 12.5 Å². The lowest BCUT2D eigenvalue weighted by molar-refractivity contribution is 0.529. The van der Waals surface area contributed by atoms with Crippen LogP contribution < -0.4 is 11.3 Å². The number of hydrogen-bond donors (Lipinski definition) is 1. The van der Waals surface area contributed by atoms with Gasteiger partial charge in [-0.2, -0.15) is 0 Å². The summed E-state index contributed by atoms with van der Waals surface area (Å²) in [6.45, 7) is 3.41. The van der Waals surface area contributed by atoms with Crippen LogP contribution in [0, 0.1) is 0 Å². The van der Waals surface area contributed by atoms with E-state index in [1.54, 1.807) is 4.57 Å². The van der Waals surface area contributed by atoms with Gasteiger partial charge in [-0.1, -0.05) is 70.8 Å². The SMILES string of the molecule is CCCCCCCCCCCCn1cccc(CN)c1=O. The summed E-state index contributed by atoms with van der Waals surface area (Å²) in [6, 6.07) is 3.73. The Morgan fingerprint density at radius 1 is 0.952 bits per heavy atom. The van der Waals surface area contributed by atoms with Gasteiger partial charge in [0, 0.05) is 24.8 Å². The van der Waals surface area contributed by atoms with Gasteiger partial charge in [-0.15, -0.1) is 0 Å². The van der Waals surface area contributed by atoms with E-state index in [9.17, 15) is 4.79 Å². The molecule has 0 bridgehead atoms. The highest BCUT2D eigenvalue weighted by Crippen LogP contribution is 2.10. The zero-order valence-corrected chi connectivity index (χ0v) is 13.7. The molecule has 0 unspecified atom stereocenters.